The zero-order valence-corrected chi connectivity index (χ0v) is 11.7. The first-order chi connectivity index (χ1) is 8.19. The second-order valence-electron chi connectivity index (χ2n) is 5.36. The Bertz CT molecular complexity index is 224. The van der Waals surface area contributed by atoms with Crippen LogP contribution in [0.25, 0.3) is 0 Å². The number of hydrogen-bond acceptors (Lipinski definition) is 2. The molecule has 1 unspecified atom stereocenters. The molecule has 1 N–H and O–H groups in total. The summed E-state index contributed by atoms with van der Waals surface area (Å²) < 4.78 is 0. The van der Waals surface area contributed by atoms with Crippen LogP contribution in [0.15, 0.2) is 0 Å². The third-order valence-electron chi connectivity index (χ3n) is 4.02. The van der Waals surface area contributed by atoms with Crippen LogP contribution >= 0.6 is 0 Å². The summed E-state index contributed by atoms with van der Waals surface area (Å²) in [4.78, 5) is 14.1. The molecule has 0 aromatic carbocycles. The van der Waals surface area contributed by atoms with Gasteiger partial charge in [-0.1, -0.05) is 32.6 Å². The highest BCUT2D eigenvalue weighted by Gasteiger charge is 2.21. The van der Waals surface area contributed by atoms with E-state index in [1.54, 1.807) is 0 Å². The fourth-order valence-corrected chi connectivity index (χ4v) is 2.75. The average Bonchev–Trinajstić information content (AvgIpc) is 2.85. The molecule has 0 bridgehead atoms. The van der Waals surface area contributed by atoms with E-state index in [0.717, 1.165) is 25.4 Å². The van der Waals surface area contributed by atoms with Gasteiger partial charge in [-0.2, -0.15) is 0 Å². The van der Waals surface area contributed by atoms with Gasteiger partial charge in [0.2, 0.25) is 5.91 Å². The van der Waals surface area contributed by atoms with Crippen molar-refractivity contribution >= 4 is 5.91 Å². The lowest BCUT2D eigenvalue weighted by Gasteiger charge is -2.24. The van der Waals surface area contributed by atoms with Gasteiger partial charge in [-0.3, -0.25) is 4.79 Å². The lowest BCUT2D eigenvalue weighted by Crippen LogP contribution is -2.38. The van der Waals surface area contributed by atoms with Gasteiger partial charge in [0, 0.05) is 20.1 Å². The van der Waals surface area contributed by atoms with Crippen LogP contribution in [0.5, 0.6) is 0 Å². The van der Waals surface area contributed by atoms with Gasteiger partial charge in [0.1, 0.15) is 0 Å². The molecule has 1 rings (SSSR count). The molecular formula is C14H28N2O. The fraction of sp³-hybridized carbons (Fsp3) is 0.929. The van der Waals surface area contributed by atoms with E-state index >= 15 is 0 Å². The van der Waals surface area contributed by atoms with E-state index in [9.17, 15) is 4.79 Å². The van der Waals surface area contributed by atoms with E-state index in [2.05, 4.69) is 12.2 Å². The number of carbonyl (C=O) groups excluding carboxylic acids is 1. The molecule has 1 fully saturated rings. The third-order valence-corrected chi connectivity index (χ3v) is 4.02. The SMILES string of the molecule is CCC(CNC)C(=O)N(C)CCC1CCCC1. The Labute approximate surface area is 106 Å². The van der Waals surface area contributed by atoms with Gasteiger partial charge >= 0.3 is 0 Å². The summed E-state index contributed by atoms with van der Waals surface area (Å²) in [5.74, 6) is 1.32. The van der Waals surface area contributed by atoms with Crippen molar-refractivity contribution < 1.29 is 4.79 Å². The van der Waals surface area contributed by atoms with Crippen LogP contribution in [0.2, 0.25) is 0 Å². The Morgan fingerprint density at radius 2 is 2.06 bits per heavy atom. The van der Waals surface area contributed by atoms with Crippen molar-refractivity contribution in [2.75, 3.05) is 27.2 Å². The van der Waals surface area contributed by atoms with E-state index in [-0.39, 0.29) is 5.92 Å². The quantitative estimate of drug-likeness (QED) is 0.740. The molecule has 1 aliphatic carbocycles. The third kappa shape index (κ3) is 4.66. The molecule has 3 heteroatoms. The summed E-state index contributed by atoms with van der Waals surface area (Å²) in [6, 6.07) is 0. The number of hydrogen-bond donors (Lipinski definition) is 1. The van der Waals surface area contributed by atoms with Gasteiger partial charge in [0.15, 0.2) is 0 Å². The topological polar surface area (TPSA) is 32.3 Å². The van der Waals surface area contributed by atoms with Crippen LogP contribution in [0, 0.1) is 11.8 Å². The molecule has 0 aromatic heterocycles. The minimum Gasteiger partial charge on any atom is -0.345 e. The van der Waals surface area contributed by atoms with Crippen LogP contribution in [-0.2, 0) is 4.79 Å². The summed E-state index contributed by atoms with van der Waals surface area (Å²) in [7, 11) is 3.87. The van der Waals surface area contributed by atoms with Gasteiger partial charge in [-0.05, 0) is 25.8 Å². The van der Waals surface area contributed by atoms with Crippen molar-refractivity contribution in [3.8, 4) is 0 Å². The van der Waals surface area contributed by atoms with Crippen molar-refractivity contribution in [2.24, 2.45) is 11.8 Å². The number of rotatable bonds is 7. The van der Waals surface area contributed by atoms with E-state index < -0.39 is 0 Å². The minimum atomic E-state index is 0.147. The Balaban J connectivity index is 2.29. The molecular weight excluding hydrogens is 212 g/mol. The van der Waals surface area contributed by atoms with Crippen molar-refractivity contribution in [1.82, 2.24) is 10.2 Å². The van der Waals surface area contributed by atoms with Crippen molar-refractivity contribution in [3.63, 3.8) is 0 Å². The monoisotopic (exact) mass is 240 g/mol. The number of nitrogens with one attached hydrogen (secondary N) is 1. The van der Waals surface area contributed by atoms with Crippen LogP contribution in [0.3, 0.4) is 0 Å². The smallest absolute Gasteiger partial charge is 0.226 e. The predicted molar refractivity (Wildman–Crippen MR) is 71.9 cm³/mol. The Morgan fingerprint density at radius 3 is 2.59 bits per heavy atom. The van der Waals surface area contributed by atoms with E-state index in [0.29, 0.717) is 5.91 Å². The number of amides is 1. The van der Waals surface area contributed by atoms with Crippen LogP contribution in [-0.4, -0.2) is 38.0 Å². The average molecular weight is 240 g/mol. The van der Waals surface area contributed by atoms with E-state index in [4.69, 9.17) is 0 Å². The van der Waals surface area contributed by atoms with Crippen LogP contribution in [0.1, 0.15) is 45.4 Å². The number of carbonyl (C=O) groups is 1. The summed E-state index contributed by atoms with van der Waals surface area (Å²) in [6.45, 7) is 3.82. The first kappa shape index (κ1) is 14.5. The molecule has 1 aliphatic rings. The second kappa shape index (κ2) is 7.70. The largest absolute Gasteiger partial charge is 0.345 e. The highest BCUT2D eigenvalue weighted by Crippen LogP contribution is 2.27. The normalized spacial score (nSPS) is 18.3. The summed E-state index contributed by atoms with van der Waals surface area (Å²) in [5.41, 5.74) is 0. The zero-order valence-electron chi connectivity index (χ0n) is 11.7. The van der Waals surface area contributed by atoms with E-state index in [1.807, 2.05) is 19.0 Å². The minimum absolute atomic E-state index is 0.147. The second-order valence-corrected chi connectivity index (χ2v) is 5.36. The highest BCUT2D eigenvalue weighted by atomic mass is 16.2. The highest BCUT2D eigenvalue weighted by molar-refractivity contribution is 5.78. The van der Waals surface area contributed by atoms with Crippen LogP contribution in [0.4, 0.5) is 0 Å². The van der Waals surface area contributed by atoms with E-state index in [1.165, 1.54) is 32.1 Å². The lowest BCUT2D eigenvalue weighted by atomic mass is 10.0. The summed E-state index contributed by atoms with van der Waals surface area (Å²) in [6.07, 6.45) is 7.64. The van der Waals surface area contributed by atoms with Gasteiger partial charge in [-0.15, -0.1) is 0 Å². The van der Waals surface area contributed by atoms with Crippen molar-refractivity contribution in [2.45, 2.75) is 45.4 Å². The first-order valence-corrected chi connectivity index (χ1v) is 7.08. The lowest BCUT2D eigenvalue weighted by molar-refractivity contribution is -0.134. The molecule has 1 atom stereocenters. The van der Waals surface area contributed by atoms with Gasteiger partial charge in [0.05, 0.1) is 5.92 Å². The molecule has 0 saturated heterocycles. The number of nitrogens with zero attached hydrogens (tertiary/aromatic N) is 1. The molecule has 100 valence electrons. The van der Waals surface area contributed by atoms with Gasteiger partial charge in [0.25, 0.3) is 0 Å². The summed E-state index contributed by atoms with van der Waals surface area (Å²) >= 11 is 0. The maximum atomic E-state index is 12.2. The maximum absolute atomic E-state index is 12.2. The molecule has 0 heterocycles. The predicted octanol–water partition coefficient (Wildman–Crippen LogP) is 2.27. The van der Waals surface area contributed by atoms with Gasteiger partial charge in [-0.25, -0.2) is 0 Å². The van der Waals surface area contributed by atoms with Gasteiger partial charge < -0.3 is 10.2 Å². The Hall–Kier alpha value is -0.570. The van der Waals surface area contributed by atoms with Crippen molar-refractivity contribution in [3.05, 3.63) is 0 Å². The van der Waals surface area contributed by atoms with Crippen molar-refractivity contribution in [1.29, 1.82) is 0 Å². The maximum Gasteiger partial charge on any atom is 0.226 e. The molecule has 17 heavy (non-hydrogen) atoms. The van der Waals surface area contributed by atoms with Crippen LogP contribution < -0.4 is 5.32 Å². The zero-order chi connectivity index (χ0) is 12.7. The molecule has 1 amide bonds. The summed E-state index contributed by atoms with van der Waals surface area (Å²) in [5, 5.41) is 3.10. The Morgan fingerprint density at radius 1 is 1.41 bits per heavy atom. The standard InChI is InChI=1S/C14H28N2O/c1-4-13(11-15-2)14(17)16(3)10-9-12-7-5-6-8-12/h12-13,15H,4-11H2,1-3H3. The fourth-order valence-electron chi connectivity index (χ4n) is 2.75. The molecule has 0 spiro atoms. The molecule has 3 nitrogen and oxygen atoms in total. The molecule has 0 aromatic rings. The molecule has 0 aliphatic heterocycles. The molecule has 0 radical (unpaired) electrons. The first-order valence-electron chi connectivity index (χ1n) is 7.08. The Kier molecular flexibility index (Phi) is 6.56. The molecule has 1 saturated carbocycles.